The van der Waals surface area contributed by atoms with Gasteiger partial charge in [0, 0.05) is 8.36 Å². The monoisotopic (exact) mass is 266 g/mol. The third-order valence-electron chi connectivity index (χ3n) is 1.10. The second-order valence-corrected chi connectivity index (χ2v) is 4.19. The Morgan fingerprint density at radius 1 is 1.38 bits per heavy atom. The smallest absolute Gasteiger partial charge is 0.177 e. The Hall–Kier alpha value is -0.0600. The average molecular weight is 267 g/mol. The topological polar surface area (TPSA) is 23.1 Å². The van der Waals surface area contributed by atoms with Gasteiger partial charge in [0.15, 0.2) is 11.6 Å². The minimum absolute atomic E-state index is 0.181. The highest BCUT2D eigenvalue weighted by Gasteiger charge is 1.96. The molecule has 0 heterocycles. The van der Waals surface area contributed by atoms with E-state index in [0.717, 1.165) is 4.47 Å². The van der Waals surface area contributed by atoms with E-state index in [1.165, 1.54) is 0 Å². The van der Waals surface area contributed by atoms with E-state index in [9.17, 15) is 8.44 Å². The molecule has 1 atom stereocenters. The predicted molar refractivity (Wildman–Crippen MR) is 58.6 cm³/mol. The molecule has 1 rings (SSSR count). The Kier molecular flexibility index (Phi) is 8.49. The first-order chi connectivity index (χ1) is 6.16. The molecule has 1 unspecified atom stereocenters. The van der Waals surface area contributed by atoms with Crippen molar-refractivity contribution in [3.63, 3.8) is 0 Å². The van der Waals surface area contributed by atoms with Crippen molar-refractivity contribution in [1.29, 1.82) is 0 Å². The van der Waals surface area contributed by atoms with Gasteiger partial charge in [-0.2, -0.15) is 0 Å². The van der Waals surface area contributed by atoms with Crippen LogP contribution in [0, 0.1) is 0 Å². The number of rotatable bonds is 2. The Morgan fingerprint density at radius 2 is 1.92 bits per heavy atom. The highest BCUT2D eigenvalue weighted by atomic mass is 79.9. The van der Waals surface area contributed by atoms with Crippen molar-refractivity contribution < 1.29 is 8.44 Å². The zero-order valence-electron chi connectivity index (χ0n) is 7.37. The van der Waals surface area contributed by atoms with Gasteiger partial charge in [0.2, 0.25) is 0 Å². The van der Waals surface area contributed by atoms with Crippen molar-refractivity contribution in [2.75, 3.05) is 5.75 Å². The maximum absolute atomic E-state index is 11.2. The van der Waals surface area contributed by atoms with Gasteiger partial charge in [0.25, 0.3) is 0 Å². The summed E-state index contributed by atoms with van der Waals surface area (Å²) in [7, 11) is 0. The summed E-state index contributed by atoms with van der Waals surface area (Å²) in [6, 6.07) is 9.97. The predicted octanol–water partition coefficient (Wildman–Crippen LogP) is 3.48. The highest BCUT2D eigenvalue weighted by Crippen LogP contribution is 2.05. The van der Waals surface area contributed by atoms with E-state index in [2.05, 4.69) is 15.9 Å². The minimum atomic E-state index is -2.07. The lowest BCUT2D eigenvalue weighted by Gasteiger charge is -1.89. The normalized spacial score (nSPS) is 11.4. The first-order valence-electron chi connectivity index (χ1n) is 3.92. The second kappa shape index (κ2) is 8.53. The summed E-state index contributed by atoms with van der Waals surface area (Å²) >= 11 is 1.25. The fourth-order valence-electron chi connectivity index (χ4n) is 0.575. The summed E-state index contributed by atoms with van der Waals surface area (Å²) < 4.78 is 21.8. The van der Waals surface area contributed by atoms with Crippen molar-refractivity contribution in [2.24, 2.45) is 0 Å². The van der Waals surface area contributed by atoms with Crippen LogP contribution in [0.2, 0.25) is 0 Å². The molecule has 1 nitrogen and oxygen atoms in total. The molecule has 0 saturated carbocycles. The third kappa shape index (κ3) is 9.86. The van der Waals surface area contributed by atoms with Crippen LogP contribution < -0.4 is 0 Å². The van der Waals surface area contributed by atoms with Crippen LogP contribution in [0.1, 0.15) is 13.3 Å². The van der Waals surface area contributed by atoms with E-state index in [1.807, 2.05) is 30.3 Å². The zero-order chi connectivity index (χ0) is 10.1. The van der Waals surface area contributed by atoms with Crippen LogP contribution in [-0.2, 0) is 11.6 Å². The van der Waals surface area contributed by atoms with Gasteiger partial charge in [-0.25, -0.2) is 0 Å². The molecule has 1 aromatic carbocycles. The number of hydrogen-bond donors (Lipinski definition) is 0. The molecule has 0 bridgehead atoms. The van der Waals surface area contributed by atoms with Crippen LogP contribution >= 0.6 is 15.9 Å². The van der Waals surface area contributed by atoms with Crippen LogP contribution in [0.5, 0.6) is 0 Å². The maximum atomic E-state index is 11.2. The quantitative estimate of drug-likeness (QED) is 0.752. The lowest BCUT2D eigenvalue weighted by molar-refractivity contribution is 0.549. The van der Waals surface area contributed by atoms with Gasteiger partial charge in [0.05, 0.1) is 0 Å². The summed E-state index contributed by atoms with van der Waals surface area (Å²) in [4.78, 5) is 0. The lowest BCUT2D eigenvalue weighted by atomic mass is 10.4. The molecule has 0 aliphatic heterocycles. The maximum Gasteiger partial charge on any atom is 0.177 e. The summed E-state index contributed by atoms with van der Waals surface area (Å²) in [5.74, 6) is 0.181. The van der Waals surface area contributed by atoms with E-state index in [1.54, 1.807) is 6.92 Å². The van der Waals surface area contributed by atoms with Gasteiger partial charge in [0.1, 0.15) is 5.75 Å². The molecule has 4 heteroatoms. The van der Waals surface area contributed by atoms with Crippen LogP contribution in [0.4, 0.5) is 3.89 Å². The Labute approximate surface area is 90.0 Å². The number of halogens is 2. The molecule has 0 aliphatic carbocycles. The molecular formula is C9H12BrFOS. The van der Waals surface area contributed by atoms with Gasteiger partial charge in [-0.3, -0.25) is 0 Å². The number of hydrogen-bond acceptors (Lipinski definition) is 1. The van der Waals surface area contributed by atoms with Crippen molar-refractivity contribution in [2.45, 2.75) is 13.3 Å². The molecule has 0 saturated heterocycles. The lowest BCUT2D eigenvalue weighted by Crippen LogP contribution is -1.94. The largest absolute Gasteiger partial charge is 0.581 e. The first kappa shape index (κ1) is 12.9. The van der Waals surface area contributed by atoms with E-state index < -0.39 is 11.6 Å². The summed E-state index contributed by atoms with van der Waals surface area (Å²) in [6.07, 6.45) is 0.656. The fraction of sp³-hybridized carbons (Fsp3) is 0.333. The number of benzene rings is 1. The molecule has 0 N–H and O–H groups in total. The van der Waals surface area contributed by atoms with Crippen LogP contribution in [0.15, 0.2) is 34.8 Å². The Morgan fingerprint density at radius 3 is 2.08 bits per heavy atom. The van der Waals surface area contributed by atoms with Crippen molar-refractivity contribution in [3.05, 3.63) is 34.8 Å². The minimum Gasteiger partial charge on any atom is -0.581 e. The van der Waals surface area contributed by atoms with Crippen LogP contribution in [0.3, 0.4) is 0 Å². The third-order valence-corrected chi connectivity index (χ3v) is 2.36. The fourth-order valence-corrected chi connectivity index (χ4v) is 1.20. The SMILES string of the molecule is Brc1ccccc1.CCC[S+]([O-])F. The van der Waals surface area contributed by atoms with Crippen molar-refractivity contribution >= 4 is 27.5 Å². The summed E-state index contributed by atoms with van der Waals surface area (Å²) in [6.45, 7) is 1.79. The molecule has 0 radical (unpaired) electrons. The standard InChI is InChI=1S/C6H5Br.C3H7FOS/c7-6-4-2-1-3-5-6;1-2-3-6(4)5/h1-5H;2-3H2,1H3. The average Bonchev–Trinajstić information content (AvgIpc) is 2.06. The Balaban J connectivity index is 0.000000226. The molecule has 0 amide bonds. The molecule has 13 heavy (non-hydrogen) atoms. The molecule has 0 aromatic heterocycles. The highest BCUT2D eigenvalue weighted by molar-refractivity contribution is 9.10. The molecule has 0 aliphatic rings. The molecule has 74 valence electrons. The van der Waals surface area contributed by atoms with Crippen molar-refractivity contribution in [3.8, 4) is 0 Å². The first-order valence-corrected chi connectivity index (χ1v) is 5.93. The van der Waals surface area contributed by atoms with E-state index in [-0.39, 0.29) is 5.75 Å². The molecular weight excluding hydrogens is 255 g/mol. The van der Waals surface area contributed by atoms with Gasteiger partial charge in [-0.15, -0.1) is 0 Å². The van der Waals surface area contributed by atoms with E-state index in [0.29, 0.717) is 6.42 Å². The van der Waals surface area contributed by atoms with Crippen LogP contribution in [0.25, 0.3) is 0 Å². The Bertz CT molecular complexity index is 206. The zero-order valence-corrected chi connectivity index (χ0v) is 9.78. The van der Waals surface area contributed by atoms with Gasteiger partial charge in [-0.05, 0) is 18.6 Å². The molecule has 1 aromatic rings. The van der Waals surface area contributed by atoms with Gasteiger partial charge in [-0.1, -0.05) is 41.1 Å². The summed E-state index contributed by atoms with van der Waals surface area (Å²) in [5.41, 5.74) is 0. The van der Waals surface area contributed by atoms with E-state index >= 15 is 0 Å². The van der Waals surface area contributed by atoms with Gasteiger partial charge >= 0.3 is 0 Å². The van der Waals surface area contributed by atoms with Crippen LogP contribution in [-0.4, -0.2) is 10.3 Å². The second-order valence-electron chi connectivity index (χ2n) is 2.29. The molecule has 0 spiro atoms. The summed E-state index contributed by atoms with van der Waals surface area (Å²) in [5, 5.41) is 0. The van der Waals surface area contributed by atoms with Crippen molar-refractivity contribution in [1.82, 2.24) is 0 Å². The van der Waals surface area contributed by atoms with E-state index in [4.69, 9.17) is 0 Å². The molecule has 0 fully saturated rings. The van der Waals surface area contributed by atoms with Gasteiger partial charge < -0.3 is 4.55 Å².